The van der Waals surface area contributed by atoms with Gasteiger partial charge in [-0.15, -0.1) is 0 Å². The van der Waals surface area contributed by atoms with Crippen molar-refractivity contribution in [3.63, 3.8) is 0 Å². The first kappa shape index (κ1) is 7.07. The summed E-state index contributed by atoms with van der Waals surface area (Å²) in [5.74, 6) is 0. The van der Waals surface area contributed by atoms with E-state index in [1.807, 2.05) is 0 Å². The third-order valence-corrected chi connectivity index (χ3v) is 0.468. The standard InChI is InChI=1S/C5H3N.Y/c1-2-4-6-5-3-1;/h2-4H;. The van der Waals surface area contributed by atoms with Crippen molar-refractivity contribution in [3.05, 3.63) is 17.9 Å². The zero-order valence-corrected chi connectivity index (χ0v) is 6.59. The number of nitrogens with zero attached hydrogens (tertiary/aromatic N) is 1. The maximum absolute atomic E-state index is 3.63. The number of hydrogen-bond acceptors (Lipinski definition) is 0. The van der Waals surface area contributed by atoms with Crippen LogP contribution >= 0.6 is 0 Å². The van der Waals surface area contributed by atoms with Crippen LogP contribution in [0.25, 0.3) is 0 Å². The van der Waals surface area contributed by atoms with Crippen molar-refractivity contribution in [2.24, 2.45) is 0 Å². The van der Waals surface area contributed by atoms with Gasteiger partial charge in [0.05, 0.1) is 0 Å². The van der Waals surface area contributed by atoms with Gasteiger partial charge in [-0.1, -0.05) is 12.2 Å². The molecule has 2 heteroatoms. The minimum absolute atomic E-state index is 0. The van der Waals surface area contributed by atoms with E-state index in [2.05, 4.69) is 16.6 Å². The summed E-state index contributed by atoms with van der Waals surface area (Å²) in [6, 6.07) is 0. The third-order valence-electron chi connectivity index (χ3n) is 0.468. The van der Waals surface area contributed by atoms with Gasteiger partial charge in [0.15, 0.2) is 6.21 Å². The van der Waals surface area contributed by atoms with Gasteiger partial charge in [0.25, 0.3) is 6.21 Å². The summed E-state index contributed by atoms with van der Waals surface area (Å²) >= 11 is 0. The first-order valence-corrected chi connectivity index (χ1v) is 1.68. The van der Waals surface area contributed by atoms with E-state index < -0.39 is 0 Å². The molecule has 1 heterocycles. The fraction of sp³-hybridized carbons (Fsp3) is 0. The normalized spacial score (nSPS) is 11.4. The molecule has 0 atom stereocenters. The molecule has 0 N–H and O–H groups in total. The van der Waals surface area contributed by atoms with Crippen molar-refractivity contribution in [2.75, 3.05) is 0 Å². The van der Waals surface area contributed by atoms with E-state index in [1.165, 1.54) is 0 Å². The summed E-state index contributed by atoms with van der Waals surface area (Å²) in [7, 11) is 0. The molecule has 0 aliphatic carbocycles. The Balaban J connectivity index is 0.000000360. The van der Waals surface area contributed by atoms with Crippen molar-refractivity contribution in [1.29, 1.82) is 0 Å². The van der Waals surface area contributed by atoms with Crippen LogP contribution in [-0.2, 0) is 32.7 Å². The first-order chi connectivity index (χ1) is 3.00. The summed E-state index contributed by atoms with van der Waals surface area (Å²) in [4.78, 5) is 0. The molecule has 0 aromatic heterocycles. The molecule has 0 amide bonds. The molecule has 0 aromatic carbocycles. The van der Waals surface area contributed by atoms with Crippen LogP contribution in [0.4, 0.5) is 0 Å². The topological polar surface area (TPSA) is 14.1 Å². The molecule has 7 heavy (non-hydrogen) atoms. The van der Waals surface area contributed by atoms with Crippen LogP contribution in [0.3, 0.4) is 0 Å². The smallest absolute Gasteiger partial charge is 0.256 e. The van der Waals surface area contributed by atoms with Crippen molar-refractivity contribution >= 4 is 12.4 Å². The van der Waals surface area contributed by atoms with E-state index in [-0.39, 0.29) is 32.7 Å². The largest absolute Gasteiger partial charge is 0.271 e. The number of allylic oxidation sites excluding steroid dienone is 1. The monoisotopic (exact) mass is 166 g/mol. The molecule has 31 valence electrons. The summed E-state index contributed by atoms with van der Waals surface area (Å²) in [6.07, 6.45) is 7.60. The molecule has 0 bridgehead atoms. The predicted molar refractivity (Wildman–Crippen MR) is 25.9 cm³/mol. The minimum atomic E-state index is 0. The van der Waals surface area contributed by atoms with Crippen LogP contribution in [0.1, 0.15) is 0 Å². The Morgan fingerprint density at radius 1 is 1.57 bits per heavy atom. The Labute approximate surface area is 67.4 Å². The average Bonchev–Trinajstić information content (AvgIpc) is 1.72. The second kappa shape index (κ2) is 4.24. The van der Waals surface area contributed by atoms with E-state index in [0.717, 1.165) is 0 Å². The molecule has 1 rings (SSSR count). The van der Waals surface area contributed by atoms with Crippen LogP contribution in [0.2, 0.25) is 0 Å². The molecule has 0 spiro atoms. The van der Waals surface area contributed by atoms with Crippen molar-refractivity contribution in [3.8, 4) is 0 Å². The van der Waals surface area contributed by atoms with E-state index in [4.69, 9.17) is 0 Å². The van der Waals surface area contributed by atoms with Crippen molar-refractivity contribution in [1.82, 2.24) is 4.67 Å². The molecule has 1 aliphatic heterocycles. The second-order valence-corrected chi connectivity index (χ2v) is 0.885. The third kappa shape index (κ3) is 2.73. The molecule has 0 unspecified atom stereocenters. The molecule has 0 saturated carbocycles. The Morgan fingerprint density at radius 2 is 2.43 bits per heavy atom. The predicted octanol–water partition coefficient (Wildman–Crippen LogP) is -0.205. The van der Waals surface area contributed by atoms with Gasteiger partial charge in [0.2, 0.25) is 0 Å². The first-order valence-electron chi connectivity index (χ1n) is 1.68. The van der Waals surface area contributed by atoms with E-state index in [0.29, 0.717) is 0 Å². The van der Waals surface area contributed by atoms with Crippen LogP contribution < -0.4 is 4.67 Å². The maximum atomic E-state index is 3.63. The SMILES string of the molecule is C1=C[C-]=[N+]=CC=1.[Y]. The minimum Gasteiger partial charge on any atom is -0.271 e. The van der Waals surface area contributed by atoms with Crippen molar-refractivity contribution in [2.45, 2.75) is 0 Å². The van der Waals surface area contributed by atoms with E-state index >= 15 is 0 Å². The van der Waals surface area contributed by atoms with Crippen LogP contribution in [0.5, 0.6) is 0 Å². The quantitative estimate of drug-likeness (QED) is 0.268. The molecule has 0 aromatic rings. The van der Waals surface area contributed by atoms with E-state index in [9.17, 15) is 0 Å². The fourth-order valence-electron chi connectivity index (χ4n) is 0.246. The van der Waals surface area contributed by atoms with Crippen LogP contribution in [0.15, 0.2) is 17.9 Å². The van der Waals surface area contributed by atoms with Gasteiger partial charge in [-0.3, -0.25) is 5.73 Å². The fourth-order valence-corrected chi connectivity index (χ4v) is 0.246. The van der Waals surface area contributed by atoms with Crippen LogP contribution in [0, 0.1) is 0 Å². The van der Waals surface area contributed by atoms with Gasteiger partial charge in [-0.05, 0) is 0 Å². The summed E-state index contributed by atoms with van der Waals surface area (Å²) in [5.41, 5.74) is 2.77. The molecule has 0 fully saturated rings. The van der Waals surface area contributed by atoms with Gasteiger partial charge in [0.1, 0.15) is 0 Å². The maximum Gasteiger partial charge on any atom is 0.256 e. The van der Waals surface area contributed by atoms with Gasteiger partial charge >= 0.3 is 0 Å². The molecule has 1 aliphatic rings. The molecule has 1 radical (unpaired) electrons. The Morgan fingerprint density at radius 3 is 2.57 bits per heavy atom. The zero-order valence-electron chi connectivity index (χ0n) is 3.76. The Hall–Kier alpha value is 0.0739. The van der Waals surface area contributed by atoms with Crippen molar-refractivity contribution < 1.29 is 32.7 Å². The Kier molecular flexibility index (Phi) is 4.28. The average molecular weight is 166 g/mol. The van der Waals surface area contributed by atoms with Gasteiger partial charge in [0, 0.05) is 32.7 Å². The number of hydrogen-bond donors (Lipinski definition) is 0. The number of rotatable bonds is 0. The Bertz CT molecular complexity index is 125. The zero-order chi connectivity index (χ0) is 4.24. The molecule has 0 saturated heterocycles. The van der Waals surface area contributed by atoms with Gasteiger partial charge in [-0.2, -0.15) is 0 Å². The molecule has 1 nitrogen and oxygen atoms in total. The summed E-state index contributed by atoms with van der Waals surface area (Å²) < 4.78 is 3.63. The second-order valence-electron chi connectivity index (χ2n) is 0.885. The van der Waals surface area contributed by atoms with Gasteiger partial charge < -0.3 is 0 Å². The molecular formula is C5H3NY. The summed E-state index contributed by atoms with van der Waals surface area (Å²) in [6.45, 7) is 0. The summed E-state index contributed by atoms with van der Waals surface area (Å²) in [5, 5.41) is 0. The van der Waals surface area contributed by atoms with E-state index in [1.54, 1.807) is 18.4 Å². The molecular weight excluding hydrogens is 163 g/mol. The van der Waals surface area contributed by atoms with Gasteiger partial charge in [-0.25, -0.2) is 4.67 Å². The van der Waals surface area contributed by atoms with Crippen LogP contribution in [-0.4, -0.2) is 12.4 Å².